The zero-order valence-electron chi connectivity index (χ0n) is 10.7. The molecule has 0 spiro atoms. The summed E-state index contributed by atoms with van der Waals surface area (Å²) >= 11 is 0. The Morgan fingerprint density at radius 2 is 1.89 bits per heavy atom. The summed E-state index contributed by atoms with van der Waals surface area (Å²) in [4.78, 5) is 9.31. The fourth-order valence-electron chi connectivity index (χ4n) is 3.01. The third kappa shape index (κ3) is 2.10. The van der Waals surface area contributed by atoms with Crippen molar-refractivity contribution in [2.75, 3.05) is 42.5 Å². The molecule has 18 heavy (non-hydrogen) atoms. The van der Waals surface area contributed by atoms with Crippen LogP contribution in [-0.4, -0.2) is 42.1 Å². The van der Waals surface area contributed by atoms with Crippen LogP contribution in [0, 0.1) is 0 Å². The summed E-state index contributed by atoms with van der Waals surface area (Å²) in [7, 11) is 0. The first-order valence-corrected chi connectivity index (χ1v) is 6.75. The molecule has 0 amide bonds. The highest BCUT2D eigenvalue weighted by molar-refractivity contribution is 5.62. The average molecular weight is 247 g/mol. The smallest absolute Gasteiger partial charge is 0.149 e. The molecule has 1 unspecified atom stereocenters. The van der Waals surface area contributed by atoms with Crippen LogP contribution in [0.3, 0.4) is 0 Å². The van der Waals surface area contributed by atoms with Gasteiger partial charge in [-0.15, -0.1) is 0 Å². The van der Waals surface area contributed by atoms with Crippen LogP contribution in [0.4, 0.5) is 17.3 Å². The fraction of sp³-hybridized carbons (Fsp3) is 0.615. The molecule has 2 fully saturated rings. The number of nitrogens with zero attached hydrogens (tertiary/aromatic N) is 3. The molecule has 2 aliphatic rings. The van der Waals surface area contributed by atoms with Crippen molar-refractivity contribution in [3.05, 3.63) is 12.1 Å². The molecule has 5 heteroatoms. The van der Waals surface area contributed by atoms with Crippen molar-refractivity contribution in [2.45, 2.75) is 25.3 Å². The maximum absolute atomic E-state index is 5.77. The van der Waals surface area contributed by atoms with Crippen molar-refractivity contribution in [3.63, 3.8) is 0 Å². The second kappa shape index (κ2) is 4.65. The number of nitrogen functional groups attached to an aromatic ring is 2. The van der Waals surface area contributed by atoms with Crippen LogP contribution in [0.1, 0.15) is 19.3 Å². The van der Waals surface area contributed by atoms with Gasteiger partial charge in [-0.1, -0.05) is 0 Å². The fourth-order valence-corrected chi connectivity index (χ4v) is 3.01. The summed E-state index contributed by atoms with van der Waals surface area (Å²) in [6.45, 7) is 4.65. The highest BCUT2D eigenvalue weighted by atomic mass is 15.3. The van der Waals surface area contributed by atoms with Crippen LogP contribution in [0.2, 0.25) is 0 Å². The number of likely N-dealkylation sites (tertiary alicyclic amines) is 1. The summed E-state index contributed by atoms with van der Waals surface area (Å²) in [5, 5.41) is 0. The van der Waals surface area contributed by atoms with Crippen LogP contribution in [0.5, 0.6) is 0 Å². The minimum atomic E-state index is 0.442. The number of rotatable bonds is 2. The molecule has 5 nitrogen and oxygen atoms in total. The van der Waals surface area contributed by atoms with E-state index >= 15 is 0 Å². The zero-order valence-corrected chi connectivity index (χ0v) is 10.7. The van der Waals surface area contributed by atoms with Gasteiger partial charge in [0, 0.05) is 19.1 Å². The normalized spacial score (nSPS) is 24.9. The molecule has 3 heterocycles. The average Bonchev–Trinajstić information content (AvgIpc) is 3.01. The lowest BCUT2D eigenvalue weighted by Gasteiger charge is -2.24. The molecule has 3 rings (SSSR count). The molecule has 0 aliphatic carbocycles. The first-order valence-electron chi connectivity index (χ1n) is 6.75. The third-order valence-corrected chi connectivity index (χ3v) is 4.09. The quantitative estimate of drug-likeness (QED) is 0.813. The Kier molecular flexibility index (Phi) is 2.99. The van der Waals surface area contributed by atoms with Gasteiger partial charge in [-0.2, -0.15) is 0 Å². The topological polar surface area (TPSA) is 71.4 Å². The van der Waals surface area contributed by atoms with Crippen molar-refractivity contribution >= 4 is 17.3 Å². The van der Waals surface area contributed by atoms with Crippen molar-refractivity contribution < 1.29 is 0 Å². The van der Waals surface area contributed by atoms with Crippen molar-refractivity contribution in [1.82, 2.24) is 9.88 Å². The number of aromatic nitrogens is 1. The van der Waals surface area contributed by atoms with Crippen molar-refractivity contribution in [3.8, 4) is 0 Å². The van der Waals surface area contributed by atoms with Crippen LogP contribution in [-0.2, 0) is 0 Å². The summed E-state index contributed by atoms with van der Waals surface area (Å²) < 4.78 is 0. The van der Waals surface area contributed by atoms with Crippen LogP contribution >= 0.6 is 0 Å². The molecule has 2 aliphatic heterocycles. The minimum absolute atomic E-state index is 0.442. The standard InChI is InChI=1S/C13H21N5/c14-11-3-4-12(16-13(11)15)18-8-5-10(9-18)17-6-1-2-7-17/h3-4,10H,1-2,5-9,14H2,(H2,15,16). The van der Waals surface area contributed by atoms with Gasteiger partial charge in [-0.25, -0.2) is 4.98 Å². The van der Waals surface area contributed by atoms with Crippen molar-refractivity contribution in [1.29, 1.82) is 0 Å². The van der Waals surface area contributed by atoms with Gasteiger partial charge in [0.15, 0.2) is 0 Å². The van der Waals surface area contributed by atoms with Gasteiger partial charge < -0.3 is 16.4 Å². The predicted octanol–water partition coefficient (Wildman–Crippen LogP) is 0.920. The van der Waals surface area contributed by atoms with Gasteiger partial charge in [0.2, 0.25) is 0 Å². The minimum Gasteiger partial charge on any atom is -0.396 e. The second-order valence-electron chi connectivity index (χ2n) is 5.28. The van der Waals surface area contributed by atoms with E-state index in [1.807, 2.05) is 12.1 Å². The molecule has 0 saturated carbocycles. The summed E-state index contributed by atoms with van der Waals surface area (Å²) in [6, 6.07) is 4.51. The van der Waals surface area contributed by atoms with Gasteiger partial charge in [0.05, 0.1) is 5.69 Å². The highest BCUT2D eigenvalue weighted by Crippen LogP contribution is 2.25. The number of hydrogen-bond donors (Lipinski definition) is 2. The van der Waals surface area contributed by atoms with E-state index in [-0.39, 0.29) is 0 Å². The number of pyridine rings is 1. The molecule has 1 aromatic rings. The molecule has 0 bridgehead atoms. The highest BCUT2D eigenvalue weighted by Gasteiger charge is 2.29. The van der Waals surface area contributed by atoms with Gasteiger partial charge in [-0.3, -0.25) is 4.90 Å². The van der Waals surface area contributed by atoms with Crippen LogP contribution in [0.25, 0.3) is 0 Å². The first-order chi connectivity index (χ1) is 8.74. The molecule has 1 aromatic heterocycles. The van der Waals surface area contributed by atoms with E-state index < -0.39 is 0 Å². The van der Waals surface area contributed by atoms with E-state index in [0.717, 1.165) is 18.9 Å². The Balaban J connectivity index is 1.69. The molecule has 98 valence electrons. The van der Waals surface area contributed by atoms with Gasteiger partial charge >= 0.3 is 0 Å². The Bertz CT molecular complexity index is 427. The molecular weight excluding hydrogens is 226 g/mol. The third-order valence-electron chi connectivity index (χ3n) is 4.09. The maximum atomic E-state index is 5.77. The number of nitrogens with two attached hydrogens (primary N) is 2. The summed E-state index contributed by atoms with van der Waals surface area (Å²) in [6.07, 6.45) is 3.93. The molecule has 4 N–H and O–H groups in total. The molecule has 0 radical (unpaired) electrons. The van der Waals surface area contributed by atoms with E-state index in [2.05, 4.69) is 14.8 Å². The van der Waals surface area contributed by atoms with E-state index in [9.17, 15) is 0 Å². The predicted molar refractivity (Wildman–Crippen MR) is 74.5 cm³/mol. The van der Waals surface area contributed by atoms with Crippen LogP contribution in [0.15, 0.2) is 12.1 Å². The van der Waals surface area contributed by atoms with Crippen molar-refractivity contribution in [2.24, 2.45) is 0 Å². The van der Waals surface area contributed by atoms with Gasteiger partial charge in [0.25, 0.3) is 0 Å². The van der Waals surface area contributed by atoms with Gasteiger partial charge in [0.1, 0.15) is 11.6 Å². The molecular formula is C13H21N5. The summed E-state index contributed by atoms with van der Waals surface area (Å²) in [5.41, 5.74) is 12.0. The molecule has 2 saturated heterocycles. The van der Waals surface area contributed by atoms with E-state index in [1.54, 1.807) is 0 Å². The second-order valence-corrected chi connectivity index (χ2v) is 5.28. The Hall–Kier alpha value is -1.49. The van der Waals surface area contributed by atoms with E-state index in [1.165, 1.54) is 32.4 Å². The van der Waals surface area contributed by atoms with Gasteiger partial charge in [-0.05, 0) is 44.5 Å². The molecule has 0 aromatic carbocycles. The number of hydrogen-bond acceptors (Lipinski definition) is 5. The Morgan fingerprint density at radius 3 is 2.61 bits per heavy atom. The summed E-state index contributed by atoms with van der Waals surface area (Å²) in [5.74, 6) is 1.40. The maximum Gasteiger partial charge on any atom is 0.149 e. The first kappa shape index (κ1) is 11.6. The monoisotopic (exact) mass is 247 g/mol. The lowest BCUT2D eigenvalue weighted by atomic mass is 10.2. The Labute approximate surface area is 108 Å². The zero-order chi connectivity index (χ0) is 12.5. The lowest BCUT2D eigenvalue weighted by Crippen LogP contribution is -2.35. The van der Waals surface area contributed by atoms with E-state index in [0.29, 0.717) is 17.5 Å². The molecule has 1 atom stereocenters. The number of anilines is 3. The Morgan fingerprint density at radius 1 is 1.11 bits per heavy atom. The SMILES string of the molecule is Nc1ccc(N2CCC(N3CCCC3)C2)nc1N. The van der Waals surface area contributed by atoms with E-state index in [4.69, 9.17) is 11.5 Å². The van der Waals surface area contributed by atoms with Crippen LogP contribution < -0.4 is 16.4 Å². The largest absolute Gasteiger partial charge is 0.396 e. The lowest BCUT2D eigenvalue weighted by molar-refractivity contribution is 0.260.